The molecule has 0 spiro atoms. The van der Waals surface area contributed by atoms with E-state index in [0.29, 0.717) is 16.9 Å². The molecule has 0 bridgehead atoms. The summed E-state index contributed by atoms with van der Waals surface area (Å²) >= 11 is 0. The molecule has 0 saturated carbocycles. The molecule has 2 aromatic carbocycles. The summed E-state index contributed by atoms with van der Waals surface area (Å²) in [7, 11) is 1.76. The van der Waals surface area contributed by atoms with Gasteiger partial charge in [-0.05, 0) is 48.9 Å². The molecule has 0 aliphatic carbocycles. The third-order valence-electron chi connectivity index (χ3n) is 2.86. The van der Waals surface area contributed by atoms with E-state index in [2.05, 4.69) is 5.32 Å². The highest BCUT2D eigenvalue weighted by Crippen LogP contribution is 2.22. The SMILES string of the molecule is CNc1ccc(F)cc1COc1ccc(F)cc1C. The summed E-state index contributed by atoms with van der Waals surface area (Å²) < 4.78 is 31.8. The third-order valence-corrected chi connectivity index (χ3v) is 2.86. The van der Waals surface area contributed by atoms with E-state index in [9.17, 15) is 8.78 Å². The average molecular weight is 263 g/mol. The third kappa shape index (κ3) is 3.22. The summed E-state index contributed by atoms with van der Waals surface area (Å²) in [5.41, 5.74) is 2.23. The van der Waals surface area contributed by atoms with Crippen LogP contribution in [-0.2, 0) is 6.61 Å². The van der Waals surface area contributed by atoms with E-state index < -0.39 is 0 Å². The molecule has 0 radical (unpaired) electrons. The van der Waals surface area contributed by atoms with Crippen LogP contribution in [-0.4, -0.2) is 7.05 Å². The van der Waals surface area contributed by atoms with Crippen molar-refractivity contribution in [2.24, 2.45) is 0 Å². The lowest BCUT2D eigenvalue weighted by atomic mass is 10.2. The minimum Gasteiger partial charge on any atom is -0.489 e. The lowest BCUT2D eigenvalue weighted by molar-refractivity contribution is 0.303. The molecule has 19 heavy (non-hydrogen) atoms. The van der Waals surface area contributed by atoms with Gasteiger partial charge >= 0.3 is 0 Å². The van der Waals surface area contributed by atoms with Gasteiger partial charge in [0.2, 0.25) is 0 Å². The second-order valence-electron chi connectivity index (χ2n) is 4.25. The van der Waals surface area contributed by atoms with Crippen LogP contribution in [0.25, 0.3) is 0 Å². The number of hydrogen-bond donors (Lipinski definition) is 1. The van der Waals surface area contributed by atoms with Crippen LogP contribution in [0, 0.1) is 18.6 Å². The predicted octanol–water partition coefficient (Wildman–Crippen LogP) is 3.89. The van der Waals surface area contributed by atoms with Gasteiger partial charge in [-0.1, -0.05) is 0 Å². The van der Waals surface area contributed by atoms with Gasteiger partial charge in [-0.3, -0.25) is 0 Å². The highest BCUT2D eigenvalue weighted by Gasteiger charge is 2.06. The quantitative estimate of drug-likeness (QED) is 0.903. The fourth-order valence-electron chi connectivity index (χ4n) is 1.86. The Bertz CT molecular complexity index is 584. The number of ether oxygens (including phenoxy) is 1. The first-order chi connectivity index (χ1) is 9.10. The number of nitrogens with one attached hydrogen (secondary N) is 1. The molecule has 0 amide bonds. The summed E-state index contributed by atoms with van der Waals surface area (Å²) in [5, 5.41) is 2.98. The molecule has 0 fully saturated rings. The maximum Gasteiger partial charge on any atom is 0.123 e. The Hall–Kier alpha value is -2.10. The van der Waals surface area contributed by atoms with Crippen molar-refractivity contribution >= 4 is 5.69 Å². The van der Waals surface area contributed by atoms with Crippen LogP contribution in [0.15, 0.2) is 36.4 Å². The molecule has 0 saturated heterocycles. The van der Waals surface area contributed by atoms with Gasteiger partial charge in [0.05, 0.1) is 0 Å². The van der Waals surface area contributed by atoms with Gasteiger partial charge in [-0.25, -0.2) is 8.78 Å². The van der Waals surface area contributed by atoms with Crippen molar-refractivity contribution in [3.63, 3.8) is 0 Å². The number of anilines is 1. The van der Waals surface area contributed by atoms with Crippen LogP contribution >= 0.6 is 0 Å². The van der Waals surface area contributed by atoms with E-state index in [0.717, 1.165) is 5.69 Å². The molecule has 0 aliphatic heterocycles. The number of rotatable bonds is 4. The van der Waals surface area contributed by atoms with Crippen molar-refractivity contribution in [2.75, 3.05) is 12.4 Å². The number of halogens is 2. The van der Waals surface area contributed by atoms with E-state index in [1.165, 1.54) is 24.3 Å². The zero-order valence-electron chi connectivity index (χ0n) is 10.8. The van der Waals surface area contributed by atoms with Crippen LogP contribution < -0.4 is 10.1 Å². The van der Waals surface area contributed by atoms with Crippen LogP contribution in [0.1, 0.15) is 11.1 Å². The first-order valence-corrected chi connectivity index (χ1v) is 5.95. The molecule has 2 nitrogen and oxygen atoms in total. The zero-order chi connectivity index (χ0) is 13.8. The molecule has 2 rings (SSSR count). The van der Waals surface area contributed by atoms with Crippen molar-refractivity contribution in [1.29, 1.82) is 0 Å². The van der Waals surface area contributed by atoms with Crippen molar-refractivity contribution in [3.05, 3.63) is 59.2 Å². The number of aryl methyl sites for hydroxylation is 1. The summed E-state index contributed by atoms with van der Waals surface area (Å²) in [4.78, 5) is 0. The molecule has 0 aromatic heterocycles. The highest BCUT2D eigenvalue weighted by atomic mass is 19.1. The molecule has 0 unspecified atom stereocenters. The summed E-state index contributed by atoms with van der Waals surface area (Å²) in [6, 6.07) is 8.78. The minimum absolute atomic E-state index is 0.223. The van der Waals surface area contributed by atoms with E-state index in [1.54, 1.807) is 26.1 Å². The standard InChI is InChI=1S/C15H15F2NO/c1-10-7-12(16)4-6-15(10)19-9-11-8-13(17)3-5-14(11)18-2/h3-8,18H,9H2,1-2H3. The molecule has 0 aliphatic rings. The normalized spacial score (nSPS) is 10.3. The van der Waals surface area contributed by atoms with Crippen molar-refractivity contribution in [1.82, 2.24) is 0 Å². The lowest BCUT2D eigenvalue weighted by Crippen LogP contribution is -2.02. The van der Waals surface area contributed by atoms with E-state index in [-0.39, 0.29) is 18.2 Å². The van der Waals surface area contributed by atoms with Crippen LogP contribution in [0.5, 0.6) is 5.75 Å². The smallest absolute Gasteiger partial charge is 0.123 e. The highest BCUT2D eigenvalue weighted by molar-refractivity contribution is 5.50. The van der Waals surface area contributed by atoms with Gasteiger partial charge in [-0.15, -0.1) is 0 Å². The van der Waals surface area contributed by atoms with Gasteiger partial charge < -0.3 is 10.1 Å². The molecule has 1 N–H and O–H groups in total. The Morgan fingerprint density at radius 1 is 1.05 bits per heavy atom. The summed E-state index contributed by atoms with van der Waals surface area (Å²) in [5.74, 6) is -0.0207. The first kappa shape index (κ1) is 13.3. The van der Waals surface area contributed by atoms with Gasteiger partial charge in [0.1, 0.15) is 24.0 Å². The van der Waals surface area contributed by atoms with E-state index in [4.69, 9.17) is 4.74 Å². The van der Waals surface area contributed by atoms with Gasteiger partial charge in [0, 0.05) is 18.3 Å². The van der Waals surface area contributed by atoms with Gasteiger partial charge in [0.15, 0.2) is 0 Å². The monoisotopic (exact) mass is 263 g/mol. The average Bonchev–Trinajstić information content (AvgIpc) is 2.38. The zero-order valence-corrected chi connectivity index (χ0v) is 10.8. The second kappa shape index (κ2) is 5.69. The van der Waals surface area contributed by atoms with Crippen LogP contribution in [0.4, 0.5) is 14.5 Å². The molecule has 0 atom stereocenters. The van der Waals surface area contributed by atoms with Crippen LogP contribution in [0.2, 0.25) is 0 Å². The first-order valence-electron chi connectivity index (χ1n) is 5.95. The Morgan fingerprint density at radius 3 is 2.42 bits per heavy atom. The lowest BCUT2D eigenvalue weighted by Gasteiger charge is -2.12. The fourth-order valence-corrected chi connectivity index (χ4v) is 1.86. The maximum atomic E-state index is 13.2. The molecular weight excluding hydrogens is 248 g/mol. The van der Waals surface area contributed by atoms with Crippen molar-refractivity contribution in [3.8, 4) is 5.75 Å². The molecular formula is C15H15F2NO. The van der Waals surface area contributed by atoms with Gasteiger partial charge in [0.25, 0.3) is 0 Å². The number of benzene rings is 2. The number of hydrogen-bond acceptors (Lipinski definition) is 2. The molecule has 0 heterocycles. The Kier molecular flexibility index (Phi) is 4.00. The van der Waals surface area contributed by atoms with Gasteiger partial charge in [-0.2, -0.15) is 0 Å². The van der Waals surface area contributed by atoms with Crippen LogP contribution in [0.3, 0.4) is 0 Å². The minimum atomic E-state index is -0.312. The Morgan fingerprint density at radius 2 is 1.74 bits per heavy atom. The van der Waals surface area contributed by atoms with Crippen molar-refractivity contribution < 1.29 is 13.5 Å². The Labute approximate surface area is 111 Å². The predicted molar refractivity (Wildman–Crippen MR) is 71.4 cm³/mol. The van der Waals surface area contributed by atoms with E-state index >= 15 is 0 Å². The van der Waals surface area contributed by atoms with E-state index in [1.807, 2.05) is 0 Å². The fraction of sp³-hybridized carbons (Fsp3) is 0.200. The topological polar surface area (TPSA) is 21.3 Å². The maximum absolute atomic E-state index is 13.2. The Balaban J connectivity index is 2.16. The summed E-state index contributed by atoms with van der Waals surface area (Å²) in [6.45, 7) is 1.99. The molecule has 100 valence electrons. The second-order valence-corrected chi connectivity index (χ2v) is 4.25. The summed E-state index contributed by atoms with van der Waals surface area (Å²) in [6.07, 6.45) is 0. The largest absolute Gasteiger partial charge is 0.489 e. The molecule has 4 heteroatoms. The molecule has 2 aromatic rings. The van der Waals surface area contributed by atoms with Crippen molar-refractivity contribution in [2.45, 2.75) is 13.5 Å².